The molecule has 2 heterocycles. The zero-order valence-corrected chi connectivity index (χ0v) is 16.5. The summed E-state index contributed by atoms with van der Waals surface area (Å²) in [5.41, 5.74) is 0.503. The van der Waals surface area contributed by atoms with Gasteiger partial charge in [-0.25, -0.2) is 4.98 Å². The molecule has 0 aliphatic carbocycles. The number of rotatable bonds is 5. The monoisotopic (exact) mass is 420 g/mol. The quantitative estimate of drug-likeness (QED) is 0.569. The lowest BCUT2D eigenvalue weighted by molar-refractivity contribution is -0.124. The van der Waals surface area contributed by atoms with Gasteiger partial charge in [0.05, 0.1) is 9.20 Å². The second-order valence-electron chi connectivity index (χ2n) is 6.00. The molecule has 1 atom stereocenters. The highest BCUT2D eigenvalue weighted by Crippen LogP contribution is 2.45. The molecule has 0 fully saturated rings. The van der Waals surface area contributed by atoms with Gasteiger partial charge in [0, 0.05) is 22.4 Å². The molecule has 24 heavy (non-hydrogen) atoms. The van der Waals surface area contributed by atoms with E-state index in [9.17, 15) is 4.79 Å². The SMILES string of the molecule is CC(C)(C(=O)Nc1nccs1)C(c1ccccc1)c1ccc(Br)s1. The number of nitrogens with one attached hydrogen (secondary N) is 1. The van der Waals surface area contributed by atoms with Gasteiger partial charge in [0.2, 0.25) is 5.91 Å². The standard InChI is InChI=1S/C18H17BrN2OS2/c1-18(2,16(22)21-17-20-10-11-23-17)15(12-6-4-3-5-7-12)13-8-9-14(19)24-13/h3-11,15H,1-2H3,(H,20,21,22). The van der Waals surface area contributed by atoms with Crippen LogP contribution in [0.3, 0.4) is 0 Å². The van der Waals surface area contributed by atoms with Crippen molar-refractivity contribution in [1.82, 2.24) is 4.98 Å². The van der Waals surface area contributed by atoms with E-state index in [0.717, 1.165) is 14.2 Å². The van der Waals surface area contributed by atoms with Crippen molar-refractivity contribution in [3.05, 3.63) is 68.3 Å². The molecule has 0 aliphatic heterocycles. The number of aromatic nitrogens is 1. The minimum Gasteiger partial charge on any atom is -0.301 e. The van der Waals surface area contributed by atoms with E-state index in [1.54, 1.807) is 17.5 Å². The molecule has 124 valence electrons. The zero-order chi connectivity index (χ0) is 17.2. The fourth-order valence-electron chi connectivity index (χ4n) is 2.74. The summed E-state index contributed by atoms with van der Waals surface area (Å²) >= 11 is 6.63. The maximum Gasteiger partial charge on any atom is 0.232 e. The maximum absolute atomic E-state index is 13.0. The van der Waals surface area contributed by atoms with Gasteiger partial charge >= 0.3 is 0 Å². The first kappa shape index (κ1) is 17.3. The summed E-state index contributed by atoms with van der Waals surface area (Å²) in [5, 5.41) is 5.44. The van der Waals surface area contributed by atoms with Crippen molar-refractivity contribution in [2.45, 2.75) is 19.8 Å². The molecule has 1 aromatic carbocycles. The van der Waals surface area contributed by atoms with Crippen LogP contribution in [0.25, 0.3) is 0 Å². The van der Waals surface area contributed by atoms with Crippen molar-refractivity contribution in [2.24, 2.45) is 5.41 Å². The lowest BCUT2D eigenvalue weighted by Gasteiger charge is -2.32. The van der Waals surface area contributed by atoms with Gasteiger partial charge in [-0.3, -0.25) is 4.79 Å². The van der Waals surface area contributed by atoms with Crippen LogP contribution in [-0.2, 0) is 4.79 Å². The molecule has 0 spiro atoms. The predicted molar refractivity (Wildman–Crippen MR) is 105 cm³/mol. The van der Waals surface area contributed by atoms with Gasteiger partial charge in [-0.05, 0) is 33.6 Å². The number of thiophene rings is 1. The molecule has 3 aromatic rings. The number of carbonyl (C=O) groups is 1. The van der Waals surface area contributed by atoms with Crippen LogP contribution < -0.4 is 5.32 Å². The summed E-state index contributed by atoms with van der Waals surface area (Å²) < 4.78 is 1.06. The number of halogens is 1. The van der Waals surface area contributed by atoms with Crippen molar-refractivity contribution >= 4 is 49.6 Å². The number of hydrogen-bond acceptors (Lipinski definition) is 4. The average Bonchev–Trinajstić information content (AvgIpc) is 3.20. The van der Waals surface area contributed by atoms with Gasteiger partial charge in [0.1, 0.15) is 0 Å². The van der Waals surface area contributed by atoms with Crippen molar-refractivity contribution in [3.8, 4) is 0 Å². The number of benzene rings is 1. The molecular weight excluding hydrogens is 404 g/mol. The minimum atomic E-state index is -0.628. The van der Waals surface area contributed by atoms with Crippen LogP contribution >= 0.6 is 38.6 Å². The smallest absolute Gasteiger partial charge is 0.232 e. The van der Waals surface area contributed by atoms with Gasteiger partial charge in [0.15, 0.2) is 5.13 Å². The molecule has 0 radical (unpaired) electrons. The molecule has 0 saturated carbocycles. The number of nitrogens with zero attached hydrogens (tertiary/aromatic N) is 1. The molecule has 1 unspecified atom stereocenters. The van der Waals surface area contributed by atoms with Crippen molar-refractivity contribution in [1.29, 1.82) is 0 Å². The van der Waals surface area contributed by atoms with Crippen molar-refractivity contribution in [2.75, 3.05) is 5.32 Å². The van der Waals surface area contributed by atoms with Crippen molar-refractivity contribution < 1.29 is 4.79 Å². The summed E-state index contributed by atoms with van der Waals surface area (Å²) in [5.74, 6) is -0.0641. The molecule has 0 bridgehead atoms. The first-order valence-electron chi connectivity index (χ1n) is 7.49. The van der Waals surface area contributed by atoms with Crippen LogP contribution in [0.15, 0.2) is 57.8 Å². The number of anilines is 1. The van der Waals surface area contributed by atoms with E-state index in [2.05, 4.69) is 44.4 Å². The number of carbonyl (C=O) groups excluding carboxylic acids is 1. The van der Waals surface area contributed by atoms with E-state index < -0.39 is 5.41 Å². The Morgan fingerprint density at radius 3 is 2.54 bits per heavy atom. The lowest BCUT2D eigenvalue weighted by Crippen LogP contribution is -2.36. The largest absolute Gasteiger partial charge is 0.301 e. The molecule has 2 aromatic heterocycles. The molecule has 1 amide bonds. The third-order valence-electron chi connectivity index (χ3n) is 3.97. The molecule has 6 heteroatoms. The van der Waals surface area contributed by atoms with Gasteiger partial charge < -0.3 is 5.32 Å². The Morgan fingerprint density at radius 2 is 1.96 bits per heavy atom. The Kier molecular flexibility index (Phi) is 5.18. The highest BCUT2D eigenvalue weighted by atomic mass is 79.9. The van der Waals surface area contributed by atoms with E-state index in [0.29, 0.717) is 5.13 Å². The van der Waals surface area contributed by atoms with Crippen LogP contribution in [-0.4, -0.2) is 10.9 Å². The van der Waals surface area contributed by atoms with E-state index in [1.807, 2.05) is 43.5 Å². The molecule has 1 N–H and O–H groups in total. The molecular formula is C18H17BrN2OS2. The van der Waals surface area contributed by atoms with E-state index in [1.165, 1.54) is 11.3 Å². The second kappa shape index (κ2) is 7.17. The Hall–Kier alpha value is -1.50. The second-order valence-corrected chi connectivity index (χ2v) is 9.39. The summed E-state index contributed by atoms with van der Waals surface area (Å²) in [6.45, 7) is 3.97. The Morgan fingerprint density at radius 1 is 1.21 bits per heavy atom. The average molecular weight is 421 g/mol. The molecule has 0 aliphatic rings. The van der Waals surface area contributed by atoms with Crippen LogP contribution in [0.2, 0.25) is 0 Å². The van der Waals surface area contributed by atoms with Gasteiger partial charge in [-0.1, -0.05) is 44.2 Å². The van der Waals surface area contributed by atoms with Crippen molar-refractivity contribution in [3.63, 3.8) is 0 Å². The van der Waals surface area contributed by atoms with Gasteiger partial charge in [0.25, 0.3) is 0 Å². The third-order valence-corrected chi connectivity index (χ3v) is 6.35. The first-order valence-corrected chi connectivity index (χ1v) is 9.98. The zero-order valence-electron chi connectivity index (χ0n) is 13.3. The third kappa shape index (κ3) is 3.61. The highest BCUT2D eigenvalue weighted by molar-refractivity contribution is 9.11. The lowest BCUT2D eigenvalue weighted by atomic mass is 9.73. The van der Waals surface area contributed by atoms with Crippen LogP contribution in [0.5, 0.6) is 0 Å². The van der Waals surface area contributed by atoms with Gasteiger partial charge in [-0.2, -0.15) is 0 Å². The molecule has 0 saturated heterocycles. The van der Waals surface area contributed by atoms with Gasteiger partial charge in [-0.15, -0.1) is 22.7 Å². The Balaban J connectivity index is 1.99. The summed E-state index contributed by atoms with van der Waals surface area (Å²) in [7, 11) is 0. The van der Waals surface area contributed by atoms with E-state index in [4.69, 9.17) is 0 Å². The first-order chi connectivity index (χ1) is 11.5. The Labute approximate surface area is 157 Å². The number of amides is 1. The topological polar surface area (TPSA) is 42.0 Å². The van der Waals surface area contributed by atoms with Crippen LogP contribution in [0.1, 0.15) is 30.2 Å². The normalized spacial score (nSPS) is 12.8. The van der Waals surface area contributed by atoms with Crippen LogP contribution in [0.4, 0.5) is 5.13 Å². The summed E-state index contributed by atoms with van der Waals surface area (Å²) in [4.78, 5) is 18.3. The van der Waals surface area contributed by atoms with E-state index >= 15 is 0 Å². The van der Waals surface area contributed by atoms with E-state index in [-0.39, 0.29) is 11.8 Å². The fraction of sp³-hybridized carbons (Fsp3) is 0.222. The fourth-order valence-corrected chi connectivity index (χ4v) is 5.00. The minimum absolute atomic E-state index is 0.0316. The Bertz CT molecular complexity index is 813. The van der Waals surface area contributed by atoms with Crippen LogP contribution in [0, 0.1) is 5.41 Å². The maximum atomic E-state index is 13.0. The molecule has 3 rings (SSSR count). The highest BCUT2D eigenvalue weighted by Gasteiger charge is 2.39. The summed E-state index contributed by atoms with van der Waals surface area (Å²) in [6.07, 6.45) is 1.69. The number of thiazole rings is 1. The molecule has 3 nitrogen and oxygen atoms in total. The predicted octanol–water partition coefficient (Wildman–Crippen LogP) is 5.76. The number of hydrogen-bond donors (Lipinski definition) is 1. The summed E-state index contributed by atoms with van der Waals surface area (Å²) in [6, 6.07) is 14.3.